The summed E-state index contributed by atoms with van der Waals surface area (Å²) in [6.45, 7) is 6.83. The number of rotatable bonds is 5. The molecule has 0 aliphatic rings. The van der Waals surface area contributed by atoms with Crippen LogP contribution < -0.4 is 5.32 Å². The van der Waals surface area contributed by atoms with Gasteiger partial charge in [-0.3, -0.25) is 4.98 Å². The topological polar surface area (TPSA) is 37.8 Å². The minimum Gasteiger partial charge on any atom is -0.369 e. The Labute approximate surface area is 96.3 Å². The van der Waals surface area contributed by atoms with Crippen LogP contribution in [0.4, 0.5) is 5.82 Å². The monoisotopic (exact) mass is 227 g/mol. The molecule has 1 N–H and O–H groups in total. The largest absolute Gasteiger partial charge is 0.369 e. The summed E-state index contributed by atoms with van der Waals surface area (Å²) >= 11 is 6.03. The van der Waals surface area contributed by atoms with E-state index in [2.05, 4.69) is 22.2 Å². The number of aryl methyl sites for hydroxylation is 2. The third kappa shape index (κ3) is 4.04. The van der Waals surface area contributed by atoms with Crippen LogP contribution in [0.3, 0.4) is 0 Å². The Kier molecular flexibility index (Phi) is 4.82. The van der Waals surface area contributed by atoms with E-state index in [1.165, 1.54) is 0 Å². The van der Waals surface area contributed by atoms with Gasteiger partial charge in [0.1, 0.15) is 5.82 Å². The highest BCUT2D eigenvalue weighted by molar-refractivity contribution is 6.20. The van der Waals surface area contributed by atoms with Crippen molar-refractivity contribution in [1.29, 1.82) is 0 Å². The zero-order valence-electron chi connectivity index (χ0n) is 9.55. The fraction of sp³-hybridized carbons (Fsp3) is 0.636. The van der Waals surface area contributed by atoms with Crippen molar-refractivity contribution in [1.82, 2.24) is 9.97 Å². The van der Waals surface area contributed by atoms with E-state index >= 15 is 0 Å². The third-order valence-electron chi connectivity index (χ3n) is 2.27. The second-order valence-electron chi connectivity index (χ2n) is 3.67. The van der Waals surface area contributed by atoms with Gasteiger partial charge in [-0.2, -0.15) is 0 Å². The Balaban J connectivity index is 2.46. The van der Waals surface area contributed by atoms with E-state index in [4.69, 9.17) is 11.6 Å². The minimum absolute atomic E-state index is 0.246. The summed E-state index contributed by atoms with van der Waals surface area (Å²) in [5.74, 6) is 0.870. The van der Waals surface area contributed by atoms with E-state index in [1.54, 1.807) is 6.20 Å². The summed E-state index contributed by atoms with van der Waals surface area (Å²) in [7, 11) is 0. The number of hydrogen-bond acceptors (Lipinski definition) is 3. The second-order valence-corrected chi connectivity index (χ2v) is 4.28. The predicted molar refractivity (Wildman–Crippen MR) is 64.5 cm³/mol. The highest BCUT2D eigenvalue weighted by Crippen LogP contribution is 2.10. The molecule has 0 bridgehead atoms. The van der Waals surface area contributed by atoms with Gasteiger partial charge < -0.3 is 5.32 Å². The van der Waals surface area contributed by atoms with Crippen LogP contribution >= 0.6 is 11.6 Å². The van der Waals surface area contributed by atoms with Crippen LogP contribution in [0.25, 0.3) is 0 Å². The molecule has 4 heteroatoms. The number of aromatic nitrogens is 2. The molecule has 1 aromatic rings. The van der Waals surface area contributed by atoms with Crippen molar-refractivity contribution >= 4 is 17.4 Å². The number of anilines is 1. The molecule has 0 aliphatic heterocycles. The molecule has 0 radical (unpaired) electrons. The van der Waals surface area contributed by atoms with Gasteiger partial charge in [0.2, 0.25) is 0 Å². The molecule has 1 rings (SSSR count). The molecule has 84 valence electrons. The highest BCUT2D eigenvalue weighted by Gasteiger charge is 2.03. The number of alkyl halides is 1. The van der Waals surface area contributed by atoms with Crippen LogP contribution in [-0.4, -0.2) is 21.9 Å². The first-order valence-corrected chi connectivity index (χ1v) is 5.75. The lowest BCUT2D eigenvalue weighted by molar-refractivity contribution is 0.750. The SMILES string of the molecule is CCC(Cl)CCNc1nc(C)cnc1C. The number of nitrogens with one attached hydrogen (secondary N) is 1. The quantitative estimate of drug-likeness (QED) is 0.786. The van der Waals surface area contributed by atoms with Crippen LogP contribution in [0.2, 0.25) is 0 Å². The number of nitrogens with zero attached hydrogens (tertiary/aromatic N) is 2. The van der Waals surface area contributed by atoms with Gasteiger partial charge in [0, 0.05) is 18.1 Å². The molecule has 0 amide bonds. The van der Waals surface area contributed by atoms with Crippen LogP contribution in [0.5, 0.6) is 0 Å². The first-order valence-electron chi connectivity index (χ1n) is 5.31. The summed E-state index contributed by atoms with van der Waals surface area (Å²) < 4.78 is 0. The molecule has 0 fully saturated rings. The molecule has 1 unspecified atom stereocenters. The van der Waals surface area contributed by atoms with Gasteiger partial charge in [-0.1, -0.05) is 6.92 Å². The Hall–Kier alpha value is -0.830. The molecule has 0 saturated heterocycles. The van der Waals surface area contributed by atoms with Gasteiger partial charge in [0.15, 0.2) is 0 Å². The maximum Gasteiger partial charge on any atom is 0.147 e. The maximum absolute atomic E-state index is 6.03. The lowest BCUT2D eigenvalue weighted by atomic mass is 10.2. The summed E-state index contributed by atoms with van der Waals surface area (Å²) in [6, 6.07) is 0. The molecule has 3 nitrogen and oxygen atoms in total. The molecule has 1 aromatic heterocycles. The smallest absolute Gasteiger partial charge is 0.147 e. The van der Waals surface area contributed by atoms with Crippen molar-refractivity contribution in [2.24, 2.45) is 0 Å². The maximum atomic E-state index is 6.03. The van der Waals surface area contributed by atoms with Crippen molar-refractivity contribution in [3.8, 4) is 0 Å². The average Bonchev–Trinajstić information content (AvgIpc) is 2.23. The molecule has 0 aliphatic carbocycles. The van der Waals surface area contributed by atoms with E-state index in [0.717, 1.165) is 36.6 Å². The average molecular weight is 228 g/mol. The Bertz CT molecular complexity index is 315. The van der Waals surface area contributed by atoms with E-state index in [-0.39, 0.29) is 5.38 Å². The zero-order valence-corrected chi connectivity index (χ0v) is 10.3. The van der Waals surface area contributed by atoms with Gasteiger partial charge in [0.25, 0.3) is 0 Å². The second kappa shape index (κ2) is 5.91. The minimum atomic E-state index is 0.246. The summed E-state index contributed by atoms with van der Waals surface area (Å²) in [5, 5.41) is 3.51. The molecular formula is C11H18ClN3. The normalized spacial score (nSPS) is 12.5. The van der Waals surface area contributed by atoms with Crippen molar-refractivity contribution in [2.75, 3.05) is 11.9 Å². The van der Waals surface area contributed by atoms with Gasteiger partial charge in [-0.15, -0.1) is 11.6 Å². The summed E-state index contributed by atoms with van der Waals surface area (Å²) in [6.07, 6.45) is 3.73. The molecule has 15 heavy (non-hydrogen) atoms. The van der Waals surface area contributed by atoms with Crippen LogP contribution in [-0.2, 0) is 0 Å². The zero-order chi connectivity index (χ0) is 11.3. The lowest BCUT2D eigenvalue weighted by Crippen LogP contribution is -2.11. The molecular weight excluding hydrogens is 210 g/mol. The fourth-order valence-electron chi connectivity index (χ4n) is 1.26. The van der Waals surface area contributed by atoms with Crippen molar-refractivity contribution in [3.63, 3.8) is 0 Å². The molecule has 0 spiro atoms. The van der Waals surface area contributed by atoms with E-state index in [9.17, 15) is 0 Å². The standard InChI is InChI=1S/C11H18ClN3/c1-4-10(12)5-6-13-11-9(3)14-7-8(2)15-11/h7,10H,4-6H2,1-3H3,(H,13,15). The van der Waals surface area contributed by atoms with E-state index < -0.39 is 0 Å². The van der Waals surface area contributed by atoms with Gasteiger partial charge >= 0.3 is 0 Å². The Morgan fingerprint density at radius 1 is 1.47 bits per heavy atom. The van der Waals surface area contributed by atoms with Crippen LogP contribution in [0.15, 0.2) is 6.20 Å². The highest BCUT2D eigenvalue weighted by atomic mass is 35.5. The number of halogens is 1. The Morgan fingerprint density at radius 2 is 2.20 bits per heavy atom. The van der Waals surface area contributed by atoms with Gasteiger partial charge in [-0.25, -0.2) is 4.98 Å². The lowest BCUT2D eigenvalue weighted by Gasteiger charge is -2.10. The van der Waals surface area contributed by atoms with Gasteiger partial charge in [0.05, 0.1) is 11.4 Å². The predicted octanol–water partition coefficient (Wildman–Crippen LogP) is 2.91. The van der Waals surface area contributed by atoms with Gasteiger partial charge in [-0.05, 0) is 26.7 Å². The Morgan fingerprint density at radius 3 is 2.87 bits per heavy atom. The molecule has 1 heterocycles. The van der Waals surface area contributed by atoms with Crippen LogP contribution in [0, 0.1) is 13.8 Å². The fourth-order valence-corrected chi connectivity index (χ4v) is 1.37. The third-order valence-corrected chi connectivity index (χ3v) is 2.80. The molecule has 0 saturated carbocycles. The summed E-state index contributed by atoms with van der Waals surface area (Å²) in [5.41, 5.74) is 1.87. The van der Waals surface area contributed by atoms with Crippen molar-refractivity contribution < 1.29 is 0 Å². The first kappa shape index (κ1) is 12.2. The first-order chi connectivity index (χ1) is 7.13. The molecule has 1 atom stereocenters. The number of hydrogen-bond donors (Lipinski definition) is 1. The molecule has 0 aromatic carbocycles. The van der Waals surface area contributed by atoms with E-state index in [0.29, 0.717) is 0 Å². The van der Waals surface area contributed by atoms with Crippen LogP contribution in [0.1, 0.15) is 31.2 Å². The summed E-state index contributed by atoms with van der Waals surface area (Å²) in [4.78, 5) is 8.62. The van der Waals surface area contributed by atoms with E-state index in [1.807, 2.05) is 13.8 Å². The van der Waals surface area contributed by atoms with Crippen molar-refractivity contribution in [3.05, 3.63) is 17.6 Å². The van der Waals surface area contributed by atoms with Crippen molar-refractivity contribution in [2.45, 2.75) is 39.0 Å².